The lowest BCUT2D eigenvalue weighted by molar-refractivity contribution is -0.122. The van der Waals surface area contributed by atoms with Gasteiger partial charge in [-0.15, -0.1) is 0 Å². The number of carbonyl (C=O) groups is 2. The van der Waals surface area contributed by atoms with Gasteiger partial charge in [-0.2, -0.15) is 0 Å². The van der Waals surface area contributed by atoms with E-state index in [9.17, 15) is 9.59 Å². The molecule has 2 amide bonds. The zero-order valence-corrected chi connectivity index (χ0v) is 14.3. The van der Waals surface area contributed by atoms with Crippen molar-refractivity contribution in [1.82, 2.24) is 0 Å². The SMILES string of the molecule is CC(C)=C1[C@H]2C=C[C@H]1[C@H]1C(=O)N(c3cccc4ccccc34)C(=O)[C@H]12. The minimum Gasteiger partial charge on any atom is -0.274 e. The van der Waals surface area contributed by atoms with E-state index in [2.05, 4.69) is 26.0 Å². The number of benzene rings is 2. The molecule has 0 N–H and O–H groups in total. The summed E-state index contributed by atoms with van der Waals surface area (Å²) in [5.41, 5.74) is 3.25. The molecule has 1 saturated carbocycles. The van der Waals surface area contributed by atoms with Crippen LogP contribution in [-0.2, 0) is 9.59 Å². The van der Waals surface area contributed by atoms with Gasteiger partial charge in [0, 0.05) is 17.2 Å². The minimum atomic E-state index is -0.230. The lowest BCUT2D eigenvalue weighted by Gasteiger charge is -2.20. The lowest BCUT2D eigenvalue weighted by Crippen LogP contribution is -2.33. The van der Waals surface area contributed by atoms with Gasteiger partial charge >= 0.3 is 0 Å². The van der Waals surface area contributed by atoms with Crippen LogP contribution in [0.5, 0.6) is 0 Å². The van der Waals surface area contributed by atoms with E-state index in [0.717, 1.165) is 16.5 Å². The molecule has 4 atom stereocenters. The highest BCUT2D eigenvalue weighted by Gasteiger charge is 2.62. The molecule has 3 nitrogen and oxygen atoms in total. The van der Waals surface area contributed by atoms with Gasteiger partial charge in [0.25, 0.3) is 0 Å². The zero-order valence-electron chi connectivity index (χ0n) is 14.3. The van der Waals surface area contributed by atoms with E-state index < -0.39 is 0 Å². The summed E-state index contributed by atoms with van der Waals surface area (Å²) in [6, 6.07) is 13.7. The summed E-state index contributed by atoms with van der Waals surface area (Å²) in [6.45, 7) is 4.17. The van der Waals surface area contributed by atoms with Crippen LogP contribution in [0, 0.1) is 23.7 Å². The number of carbonyl (C=O) groups excluding carboxylic acids is 2. The Labute approximate surface area is 146 Å². The van der Waals surface area contributed by atoms with E-state index in [-0.39, 0.29) is 35.5 Å². The molecule has 0 aromatic heterocycles. The summed E-state index contributed by atoms with van der Waals surface area (Å²) in [4.78, 5) is 27.9. The van der Waals surface area contributed by atoms with E-state index in [4.69, 9.17) is 0 Å². The Morgan fingerprint density at radius 2 is 1.44 bits per heavy atom. The molecule has 2 fully saturated rings. The summed E-state index contributed by atoms with van der Waals surface area (Å²) in [5.74, 6) is -0.352. The van der Waals surface area contributed by atoms with Gasteiger partial charge in [0.2, 0.25) is 11.8 Å². The van der Waals surface area contributed by atoms with Gasteiger partial charge in [-0.05, 0) is 25.3 Å². The van der Waals surface area contributed by atoms with Crippen LogP contribution in [0.15, 0.2) is 65.8 Å². The number of nitrogens with zero attached hydrogens (tertiary/aromatic N) is 1. The number of anilines is 1. The molecule has 2 aliphatic carbocycles. The van der Waals surface area contributed by atoms with Crippen LogP contribution in [0.4, 0.5) is 5.69 Å². The van der Waals surface area contributed by atoms with Crippen LogP contribution in [0.1, 0.15) is 13.8 Å². The summed E-state index contributed by atoms with van der Waals surface area (Å²) in [6.07, 6.45) is 4.26. The van der Waals surface area contributed by atoms with Crippen molar-refractivity contribution in [3.05, 3.63) is 65.8 Å². The van der Waals surface area contributed by atoms with E-state index in [1.165, 1.54) is 16.0 Å². The molecule has 1 heterocycles. The second-order valence-electron chi connectivity index (χ2n) is 7.45. The van der Waals surface area contributed by atoms with Crippen molar-refractivity contribution in [2.24, 2.45) is 23.7 Å². The Bertz CT molecular complexity index is 957. The molecule has 3 heteroatoms. The van der Waals surface area contributed by atoms with Gasteiger partial charge in [-0.25, -0.2) is 4.90 Å². The third kappa shape index (κ3) is 1.76. The van der Waals surface area contributed by atoms with Crippen LogP contribution in [-0.4, -0.2) is 11.8 Å². The van der Waals surface area contributed by atoms with E-state index in [1.54, 1.807) is 0 Å². The quantitative estimate of drug-likeness (QED) is 0.583. The number of allylic oxidation sites excluding steroid dienone is 4. The van der Waals surface area contributed by atoms with Gasteiger partial charge in [0.05, 0.1) is 17.5 Å². The van der Waals surface area contributed by atoms with Gasteiger partial charge in [0.15, 0.2) is 0 Å². The summed E-state index contributed by atoms with van der Waals surface area (Å²) < 4.78 is 0. The van der Waals surface area contributed by atoms with Crippen molar-refractivity contribution >= 4 is 28.3 Å². The highest BCUT2D eigenvalue weighted by molar-refractivity contribution is 6.25. The Hall–Kier alpha value is -2.68. The Morgan fingerprint density at radius 3 is 2.08 bits per heavy atom. The second-order valence-corrected chi connectivity index (χ2v) is 7.45. The Balaban J connectivity index is 1.65. The average molecular weight is 329 g/mol. The third-order valence-electron chi connectivity index (χ3n) is 6.00. The first-order valence-corrected chi connectivity index (χ1v) is 8.81. The Morgan fingerprint density at radius 1 is 0.840 bits per heavy atom. The number of hydrogen-bond acceptors (Lipinski definition) is 2. The van der Waals surface area contributed by atoms with Crippen LogP contribution < -0.4 is 4.90 Å². The summed E-state index contributed by atoms with van der Waals surface area (Å²) in [7, 11) is 0. The molecule has 0 spiro atoms. The van der Waals surface area contributed by atoms with Crippen molar-refractivity contribution in [3.8, 4) is 0 Å². The second kappa shape index (κ2) is 4.92. The molecule has 2 aromatic rings. The zero-order chi connectivity index (χ0) is 17.3. The first-order valence-electron chi connectivity index (χ1n) is 8.81. The van der Waals surface area contributed by atoms with Crippen LogP contribution in [0.2, 0.25) is 0 Å². The number of rotatable bonds is 1. The van der Waals surface area contributed by atoms with Gasteiger partial charge in [-0.1, -0.05) is 59.7 Å². The maximum Gasteiger partial charge on any atom is 0.238 e. The smallest absolute Gasteiger partial charge is 0.238 e. The lowest BCUT2D eigenvalue weighted by atomic mass is 9.85. The molecule has 1 aliphatic heterocycles. The predicted molar refractivity (Wildman–Crippen MR) is 97.9 cm³/mol. The molecule has 3 aliphatic rings. The molecule has 0 radical (unpaired) electrons. The first kappa shape index (κ1) is 14.6. The standard InChI is InChI=1S/C22H19NO2/c1-12(2)18-15-10-11-16(18)20-19(15)21(24)23(22(20)25)17-9-5-7-13-6-3-4-8-14(13)17/h3-11,15-16,19-20H,1-2H3/t15-,16-,19-,20+/m1/s1. The molecule has 1 saturated heterocycles. The maximum atomic E-state index is 13.2. The minimum absolute atomic E-state index is 0.0399. The third-order valence-corrected chi connectivity index (χ3v) is 6.00. The molecule has 2 aromatic carbocycles. The fourth-order valence-corrected chi connectivity index (χ4v) is 5.07. The Kier molecular flexibility index (Phi) is 2.88. The van der Waals surface area contributed by atoms with E-state index >= 15 is 0 Å². The molecule has 25 heavy (non-hydrogen) atoms. The maximum absolute atomic E-state index is 13.2. The van der Waals surface area contributed by atoms with E-state index in [1.807, 2.05) is 42.5 Å². The van der Waals surface area contributed by atoms with Gasteiger partial charge in [0.1, 0.15) is 0 Å². The molecular formula is C22H19NO2. The predicted octanol–water partition coefficient (Wildman–Crippen LogP) is 4.10. The summed E-state index contributed by atoms with van der Waals surface area (Å²) >= 11 is 0. The van der Waals surface area contributed by atoms with Crippen LogP contribution >= 0.6 is 0 Å². The highest BCUT2D eigenvalue weighted by Crippen LogP contribution is 2.57. The van der Waals surface area contributed by atoms with Gasteiger partial charge < -0.3 is 0 Å². The van der Waals surface area contributed by atoms with Crippen LogP contribution in [0.3, 0.4) is 0 Å². The molecule has 2 bridgehead atoms. The topological polar surface area (TPSA) is 37.4 Å². The van der Waals surface area contributed by atoms with Crippen molar-refractivity contribution < 1.29 is 9.59 Å². The van der Waals surface area contributed by atoms with Crippen molar-refractivity contribution in [2.45, 2.75) is 13.8 Å². The number of fused-ring (bicyclic) bond motifs is 6. The number of amides is 2. The molecule has 124 valence electrons. The monoisotopic (exact) mass is 329 g/mol. The largest absolute Gasteiger partial charge is 0.274 e. The first-order chi connectivity index (χ1) is 12.1. The molecular weight excluding hydrogens is 310 g/mol. The molecule has 0 unspecified atom stereocenters. The fraction of sp³-hybridized carbons (Fsp3) is 0.273. The van der Waals surface area contributed by atoms with Crippen molar-refractivity contribution in [1.29, 1.82) is 0 Å². The van der Waals surface area contributed by atoms with Crippen molar-refractivity contribution in [2.75, 3.05) is 4.90 Å². The highest BCUT2D eigenvalue weighted by atomic mass is 16.2. The van der Waals surface area contributed by atoms with Crippen LogP contribution in [0.25, 0.3) is 10.8 Å². The fourth-order valence-electron chi connectivity index (χ4n) is 5.07. The average Bonchev–Trinajstić information content (AvgIpc) is 3.25. The summed E-state index contributed by atoms with van der Waals surface area (Å²) in [5, 5.41) is 2.00. The number of imide groups is 1. The number of hydrogen-bond donors (Lipinski definition) is 0. The molecule has 5 rings (SSSR count). The van der Waals surface area contributed by atoms with E-state index in [0.29, 0.717) is 0 Å². The normalized spacial score (nSPS) is 29.8. The van der Waals surface area contributed by atoms with Gasteiger partial charge in [-0.3, -0.25) is 9.59 Å². The van der Waals surface area contributed by atoms with Crippen molar-refractivity contribution in [3.63, 3.8) is 0 Å².